The van der Waals surface area contributed by atoms with E-state index in [9.17, 15) is 0 Å². The van der Waals surface area contributed by atoms with E-state index in [4.69, 9.17) is 16.5 Å². The topological polar surface area (TPSA) is 49.8 Å². The van der Waals surface area contributed by atoms with Crippen LogP contribution in [-0.2, 0) is 0 Å². The summed E-state index contributed by atoms with van der Waals surface area (Å²) < 4.78 is 29.0. The van der Waals surface area contributed by atoms with Crippen molar-refractivity contribution in [3.05, 3.63) is 29.7 Å². The van der Waals surface area contributed by atoms with E-state index < -0.39 is 12.1 Å². The Kier molecular flexibility index (Phi) is 0.583. The first kappa shape index (κ1) is 2.40. The lowest BCUT2D eigenvalue weighted by molar-refractivity contribution is 1.48. The van der Waals surface area contributed by atoms with Crippen molar-refractivity contribution >= 4 is 5.69 Å². The Hall–Kier alpha value is -1.49. The highest BCUT2D eigenvalue weighted by molar-refractivity contribution is 5.53. The molecule has 1 rings (SSSR count). The van der Waals surface area contributed by atoms with Gasteiger partial charge in [-0.25, -0.2) is 0 Å². The molecule has 0 radical (unpaired) electrons. The van der Waals surface area contributed by atoms with Crippen molar-refractivity contribution in [2.24, 2.45) is 0 Å². The molecule has 1 aromatic rings. The third-order valence-corrected chi connectivity index (χ3v) is 0.828. The maximum absolute atomic E-state index is 8.56. The van der Waals surface area contributed by atoms with Crippen molar-refractivity contribution in [1.82, 2.24) is 0 Å². The van der Waals surface area contributed by atoms with Crippen molar-refractivity contribution < 1.29 is 5.48 Å². The fraction of sp³-hybridized carbons (Fsp3) is 0. The van der Waals surface area contributed by atoms with Crippen LogP contribution in [0.15, 0.2) is 24.2 Å². The fourth-order valence-corrected chi connectivity index (χ4v) is 0.410. The molecular weight excluding hydrogens is 112 g/mol. The first-order chi connectivity index (χ1) is 6.00. The molecule has 0 fully saturated rings. The zero-order valence-electron chi connectivity index (χ0n) is 8.52. The zero-order valence-corrected chi connectivity index (χ0v) is 4.52. The van der Waals surface area contributed by atoms with Crippen LogP contribution in [0.4, 0.5) is 5.69 Å². The Bertz CT molecular complexity index is 379. The molecule has 0 spiro atoms. The van der Waals surface area contributed by atoms with Gasteiger partial charge in [-0.15, -0.1) is 0 Å². The van der Waals surface area contributed by atoms with Crippen LogP contribution in [0.25, 0.3) is 0 Å². The average molecular weight is 122 g/mol. The summed E-state index contributed by atoms with van der Waals surface area (Å²) in [6, 6.07) is 0.0355. The van der Waals surface area contributed by atoms with Crippen LogP contribution in [0.2, 0.25) is 0 Å². The third kappa shape index (κ3) is 1.000. The second-order valence-corrected chi connectivity index (χ2v) is 1.40. The van der Waals surface area contributed by atoms with Gasteiger partial charge in [0.1, 0.15) is 6.07 Å². The predicted molar refractivity (Wildman–Crippen MR) is 35.6 cm³/mol. The van der Waals surface area contributed by atoms with Gasteiger partial charge in [0.2, 0.25) is 0 Å². The summed E-state index contributed by atoms with van der Waals surface area (Å²) in [5.74, 6) is 0. The highest BCUT2D eigenvalue weighted by Gasteiger charge is 1.90. The van der Waals surface area contributed by atoms with Gasteiger partial charge in [-0.1, -0.05) is 12.1 Å². The molecule has 0 bridgehead atoms. The Morgan fingerprint density at radius 3 is 2.89 bits per heavy atom. The van der Waals surface area contributed by atoms with E-state index in [1.54, 1.807) is 6.07 Å². The molecule has 1 aromatic carbocycles. The summed E-state index contributed by atoms with van der Waals surface area (Å²) in [6.07, 6.45) is 0. The van der Waals surface area contributed by atoms with Crippen molar-refractivity contribution in [3.63, 3.8) is 0 Å². The SMILES string of the molecule is [2H]c1c([2H])c([2H])c(C#N)c(N)c1[2H]. The minimum absolute atomic E-state index is 0.200. The van der Waals surface area contributed by atoms with Gasteiger partial charge in [0.05, 0.1) is 11.0 Å². The molecule has 0 saturated heterocycles. The molecule has 9 heavy (non-hydrogen) atoms. The summed E-state index contributed by atoms with van der Waals surface area (Å²) in [5.41, 5.74) is 4.93. The molecule has 0 aromatic heterocycles. The molecule has 0 aliphatic heterocycles. The van der Waals surface area contributed by atoms with Crippen LogP contribution in [0.3, 0.4) is 0 Å². The van der Waals surface area contributed by atoms with Crippen molar-refractivity contribution in [2.45, 2.75) is 0 Å². The smallest absolute Gasteiger partial charge is 0.101 e. The van der Waals surface area contributed by atoms with Crippen molar-refractivity contribution in [2.75, 3.05) is 5.73 Å². The summed E-state index contributed by atoms with van der Waals surface area (Å²) in [7, 11) is 0. The second kappa shape index (κ2) is 2.19. The molecule has 0 saturated carbocycles. The molecule has 2 N–H and O–H groups in total. The maximum Gasteiger partial charge on any atom is 0.101 e. The Balaban J connectivity index is 3.69. The monoisotopic (exact) mass is 122 g/mol. The highest BCUT2D eigenvalue weighted by atomic mass is 14.6. The molecule has 0 atom stereocenters. The number of nitrogen functional groups attached to an aromatic ring is 1. The summed E-state index contributed by atoms with van der Waals surface area (Å²) in [4.78, 5) is 0. The number of benzene rings is 1. The van der Waals surface area contributed by atoms with Crippen LogP contribution in [0.5, 0.6) is 0 Å². The van der Waals surface area contributed by atoms with Gasteiger partial charge in [-0.2, -0.15) is 5.26 Å². The highest BCUT2D eigenvalue weighted by Crippen LogP contribution is 2.06. The molecule has 2 nitrogen and oxygen atoms in total. The molecule has 0 amide bonds. The number of nitriles is 1. The van der Waals surface area contributed by atoms with Crippen LogP contribution in [0.1, 0.15) is 11.0 Å². The van der Waals surface area contributed by atoms with Gasteiger partial charge in [0.25, 0.3) is 0 Å². The minimum atomic E-state index is -0.434. The molecule has 0 aliphatic carbocycles. The molecule has 44 valence electrons. The lowest BCUT2D eigenvalue weighted by Crippen LogP contribution is -1.87. The van der Waals surface area contributed by atoms with E-state index in [-0.39, 0.29) is 23.3 Å². The van der Waals surface area contributed by atoms with Crippen LogP contribution in [-0.4, -0.2) is 0 Å². The van der Waals surface area contributed by atoms with E-state index in [1.165, 1.54) is 0 Å². The lowest BCUT2D eigenvalue weighted by Gasteiger charge is -1.91. The number of anilines is 1. The van der Waals surface area contributed by atoms with Gasteiger partial charge in [-0.3, -0.25) is 0 Å². The number of para-hydroxylation sites is 1. The van der Waals surface area contributed by atoms with Gasteiger partial charge in [-0.05, 0) is 12.1 Å². The first-order valence-electron chi connectivity index (χ1n) is 4.26. The standard InChI is InChI=1S/C7H6N2/c8-5-6-3-1-2-4-7(6)9/h1-4H,9H2/i1D,2D,3D,4D. The van der Waals surface area contributed by atoms with Crippen LogP contribution < -0.4 is 5.73 Å². The van der Waals surface area contributed by atoms with Crippen LogP contribution in [0, 0.1) is 11.3 Å². The Morgan fingerprint density at radius 1 is 1.56 bits per heavy atom. The second-order valence-electron chi connectivity index (χ2n) is 1.40. The maximum atomic E-state index is 8.56. The Morgan fingerprint density at radius 2 is 2.22 bits per heavy atom. The number of nitrogens with two attached hydrogens (primary N) is 1. The van der Waals surface area contributed by atoms with Gasteiger partial charge in [0.15, 0.2) is 0 Å². The number of hydrogen-bond acceptors (Lipinski definition) is 2. The summed E-state index contributed by atoms with van der Waals surface area (Å²) in [5, 5.41) is 8.56. The summed E-state index contributed by atoms with van der Waals surface area (Å²) >= 11 is 0. The van der Waals surface area contributed by atoms with E-state index in [2.05, 4.69) is 0 Å². The fourth-order valence-electron chi connectivity index (χ4n) is 0.410. The minimum Gasteiger partial charge on any atom is -0.398 e. The first-order valence-corrected chi connectivity index (χ1v) is 2.26. The van der Waals surface area contributed by atoms with Crippen molar-refractivity contribution in [3.8, 4) is 6.07 Å². The molecule has 2 heteroatoms. The lowest BCUT2D eigenvalue weighted by atomic mass is 10.2. The number of rotatable bonds is 0. The largest absolute Gasteiger partial charge is 0.398 e. The van der Waals surface area contributed by atoms with E-state index in [0.29, 0.717) is 0 Å². The van der Waals surface area contributed by atoms with Gasteiger partial charge in [0, 0.05) is 5.69 Å². The number of hydrogen-bond donors (Lipinski definition) is 1. The molecule has 0 aliphatic rings. The third-order valence-electron chi connectivity index (χ3n) is 0.828. The molecular formula is C7H6N2. The zero-order chi connectivity index (χ0) is 10.2. The van der Waals surface area contributed by atoms with Crippen molar-refractivity contribution in [1.29, 1.82) is 5.26 Å². The Labute approximate surface area is 59.1 Å². The normalized spacial score (nSPS) is 14.6. The van der Waals surface area contributed by atoms with E-state index >= 15 is 0 Å². The van der Waals surface area contributed by atoms with E-state index in [1.807, 2.05) is 0 Å². The quantitative estimate of drug-likeness (QED) is 0.524. The number of nitrogens with zero attached hydrogens (tertiary/aromatic N) is 1. The molecule has 0 heterocycles. The van der Waals surface area contributed by atoms with Crippen LogP contribution >= 0.6 is 0 Å². The predicted octanol–water partition coefficient (Wildman–Crippen LogP) is 1.14. The van der Waals surface area contributed by atoms with E-state index in [0.717, 1.165) is 0 Å². The molecule has 0 unspecified atom stereocenters. The summed E-state index contributed by atoms with van der Waals surface area (Å²) in [6.45, 7) is 0. The van der Waals surface area contributed by atoms with Gasteiger partial charge >= 0.3 is 0 Å². The van der Waals surface area contributed by atoms with Gasteiger partial charge < -0.3 is 5.73 Å². The average Bonchev–Trinajstić information content (AvgIpc) is 2.13.